The third kappa shape index (κ3) is 4.16. The molecule has 0 saturated carbocycles. The molecule has 0 unspecified atom stereocenters. The van der Waals surface area contributed by atoms with Gasteiger partial charge in [-0.25, -0.2) is 14.5 Å². The average Bonchev–Trinajstić information content (AvgIpc) is 2.90. The van der Waals surface area contributed by atoms with E-state index in [1.54, 1.807) is 61.5 Å². The van der Waals surface area contributed by atoms with Crippen molar-refractivity contribution in [3.63, 3.8) is 0 Å². The molecule has 176 valence electrons. The molecule has 1 aliphatic rings. The molecular weight excluding hydrogens is 447 g/mol. The number of nitrogens with zero attached hydrogens (tertiary/aromatic N) is 3. The molecule has 6 nitrogen and oxygen atoms in total. The average molecular weight is 469 g/mol. The third-order valence-corrected chi connectivity index (χ3v) is 5.38. The number of fused-ring (bicyclic) bond motifs is 1. The SMILES string of the molecule is CCOc1ccc(N2C(=O)N(CC)c3ccc(C(F)(F)F)cc3N(c3ccccc3)C2=O)cc1. The highest BCUT2D eigenvalue weighted by molar-refractivity contribution is 6.28. The summed E-state index contributed by atoms with van der Waals surface area (Å²) in [5.74, 6) is 0.561. The second-order valence-corrected chi connectivity index (χ2v) is 7.44. The highest BCUT2D eigenvalue weighted by Gasteiger charge is 2.41. The number of hydrogen-bond acceptors (Lipinski definition) is 3. The molecule has 0 spiro atoms. The summed E-state index contributed by atoms with van der Waals surface area (Å²) >= 11 is 0. The van der Waals surface area contributed by atoms with Crippen LogP contribution in [0.3, 0.4) is 0 Å². The first-order chi connectivity index (χ1) is 16.3. The normalized spacial score (nSPS) is 14.2. The maximum atomic E-state index is 13.8. The maximum Gasteiger partial charge on any atom is 0.416 e. The minimum atomic E-state index is -4.62. The van der Waals surface area contributed by atoms with E-state index in [4.69, 9.17) is 4.74 Å². The molecule has 34 heavy (non-hydrogen) atoms. The van der Waals surface area contributed by atoms with Crippen molar-refractivity contribution in [2.24, 2.45) is 0 Å². The Kier molecular flexibility index (Phi) is 6.19. The van der Waals surface area contributed by atoms with Crippen molar-refractivity contribution in [2.75, 3.05) is 27.9 Å². The monoisotopic (exact) mass is 469 g/mol. The highest BCUT2D eigenvalue weighted by Crippen LogP contribution is 2.43. The summed E-state index contributed by atoms with van der Waals surface area (Å²) in [6, 6.07) is 16.2. The summed E-state index contributed by atoms with van der Waals surface area (Å²) in [4.78, 5) is 30.8. The van der Waals surface area contributed by atoms with E-state index >= 15 is 0 Å². The van der Waals surface area contributed by atoms with Gasteiger partial charge in [-0.15, -0.1) is 0 Å². The Labute approximate surface area is 194 Å². The van der Waals surface area contributed by atoms with Crippen LogP contribution < -0.4 is 19.4 Å². The minimum absolute atomic E-state index is 0.0327. The molecule has 0 fully saturated rings. The van der Waals surface area contributed by atoms with Crippen LogP contribution in [-0.4, -0.2) is 25.2 Å². The van der Waals surface area contributed by atoms with Crippen LogP contribution >= 0.6 is 0 Å². The Morgan fingerprint density at radius 3 is 2.00 bits per heavy atom. The Morgan fingerprint density at radius 1 is 0.765 bits per heavy atom. The van der Waals surface area contributed by atoms with E-state index in [2.05, 4.69) is 0 Å². The second-order valence-electron chi connectivity index (χ2n) is 7.44. The van der Waals surface area contributed by atoms with E-state index in [0.717, 1.165) is 21.9 Å². The number of benzene rings is 3. The van der Waals surface area contributed by atoms with Crippen molar-refractivity contribution in [1.29, 1.82) is 0 Å². The van der Waals surface area contributed by atoms with Crippen molar-refractivity contribution in [3.05, 3.63) is 78.4 Å². The Hall–Kier alpha value is -4.01. The molecular formula is C25H22F3N3O3. The van der Waals surface area contributed by atoms with E-state index in [0.29, 0.717) is 18.0 Å². The zero-order valence-electron chi connectivity index (χ0n) is 18.5. The van der Waals surface area contributed by atoms with Gasteiger partial charge < -0.3 is 4.74 Å². The standard InChI is InChI=1S/C25H22F3N3O3/c1-3-29-21-15-10-17(25(26,27)28)16-22(21)30(18-8-6-5-7-9-18)24(33)31(23(29)32)19-11-13-20(14-12-19)34-4-2/h5-16H,3-4H2,1-2H3. The Morgan fingerprint density at radius 2 is 1.41 bits per heavy atom. The largest absolute Gasteiger partial charge is 0.494 e. The number of hydrogen-bond donors (Lipinski definition) is 0. The van der Waals surface area contributed by atoms with Crippen LogP contribution in [0.25, 0.3) is 0 Å². The summed E-state index contributed by atoms with van der Waals surface area (Å²) in [6.45, 7) is 4.11. The van der Waals surface area contributed by atoms with Crippen LogP contribution in [0.15, 0.2) is 72.8 Å². The fourth-order valence-electron chi connectivity index (χ4n) is 3.83. The number of urea groups is 2. The molecule has 0 radical (unpaired) electrons. The van der Waals surface area contributed by atoms with Crippen molar-refractivity contribution in [2.45, 2.75) is 20.0 Å². The van der Waals surface area contributed by atoms with Gasteiger partial charge >= 0.3 is 18.2 Å². The van der Waals surface area contributed by atoms with E-state index < -0.39 is 23.8 Å². The number of ether oxygens (including phenoxy) is 1. The lowest BCUT2D eigenvalue weighted by molar-refractivity contribution is -0.137. The van der Waals surface area contributed by atoms with Gasteiger partial charge in [0.1, 0.15) is 5.75 Å². The van der Waals surface area contributed by atoms with E-state index in [1.807, 2.05) is 6.92 Å². The van der Waals surface area contributed by atoms with Gasteiger partial charge in [0.2, 0.25) is 0 Å². The Bertz CT molecular complexity index is 1200. The number of carbonyl (C=O) groups excluding carboxylic acids is 2. The van der Waals surface area contributed by atoms with Crippen LogP contribution in [-0.2, 0) is 6.18 Å². The number of rotatable bonds is 5. The van der Waals surface area contributed by atoms with Gasteiger partial charge in [0.15, 0.2) is 0 Å². The molecule has 4 amide bonds. The zero-order chi connectivity index (χ0) is 24.5. The van der Waals surface area contributed by atoms with Gasteiger partial charge in [0.25, 0.3) is 0 Å². The van der Waals surface area contributed by atoms with Gasteiger partial charge in [-0.1, -0.05) is 18.2 Å². The molecule has 3 aromatic rings. The van der Waals surface area contributed by atoms with E-state index in [1.165, 1.54) is 11.0 Å². The fraction of sp³-hybridized carbons (Fsp3) is 0.200. The number of alkyl halides is 3. The van der Waals surface area contributed by atoms with E-state index in [9.17, 15) is 22.8 Å². The molecule has 3 aromatic carbocycles. The summed E-state index contributed by atoms with van der Waals surface area (Å²) in [7, 11) is 0. The summed E-state index contributed by atoms with van der Waals surface area (Å²) in [5.41, 5.74) is -0.157. The number of anilines is 4. The van der Waals surface area contributed by atoms with Gasteiger partial charge in [0, 0.05) is 6.54 Å². The van der Waals surface area contributed by atoms with Crippen molar-refractivity contribution in [1.82, 2.24) is 0 Å². The first-order valence-corrected chi connectivity index (χ1v) is 10.7. The first kappa shape index (κ1) is 23.2. The lowest BCUT2D eigenvalue weighted by Gasteiger charge is -2.27. The predicted octanol–water partition coefficient (Wildman–Crippen LogP) is 6.83. The smallest absolute Gasteiger partial charge is 0.416 e. The summed E-state index contributed by atoms with van der Waals surface area (Å²) < 4.78 is 46.2. The van der Waals surface area contributed by atoms with Crippen molar-refractivity contribution in [3.8, 4) is 5.75 Å². The number of halogens is 3. The number of amides is 4. The lowest BCUT2D eigenvalue weighted by Crippen LogP contribution is -2.48. The molecule has 0 aromatic heterocycles. The molecule has 1 aliphatic heterocycles. The second kappa shape index (κ2) is 9.09. The minimum Gasteiger partial charge on any atom is -0.494 e. The first-order valence-electron chi connectivity index (χ1n) is 10.7. The Balaban J connectivity index is 1.93. The summed E-state index contributed by atoms with van der Waals surface area (Å²) in [5, 5.41) is 0. The van der Waals surface area contributed by atoms with Gasteiger partial charge in [-0.05, 0) is 68.4 Å². The molecule has 0 aliphatic carbocycles. The molecule has 0 saturated heterocycles. The number of para-hydroxylation sites is 1. The van der Waals surface area contributed by atoms with Crippen LogP contribution in [0.4, 0.5) is 45.5 Å². The fourth-order valence-corrected chi connectivity index (χ4v) is 3.83. The van der Waals surface area contributed by atoms with Crippen LogP contribution in [0.5, 0.6) is 5.75 Å². The van der Waals surface area contributed by atoms with Crippen LogP contribution in [0.1, 0.15) is 19.4 Å². The molecule has 0 atom stereocenters. The van der Waals surface area contributed by atoms with Gasteiger partial charge in [0.05, 0.1) is 34.9 Å². The molecule has 0 bridgehead atoms. The van der Waals surface area contributed by atoms with Crippen LogP contribution in [0.2, 0.25) is 0 Å². The highest BCUT2D eigenvalue weighted by atomic mass is 19.4. The summed E-state index contributed by atoms with van der Waals surface area (Å²) in [6.07, 6.45) is -4.62. The maximum absolute atomic E-state index is 13.8. The number of carbonyl (C=O) groups is 2. The van der Waals surface area contributed by atoms with Gasteiger partial charge in [-0.2, -0.15) is 13.2 Å². The van der Waals surface area contributed by atoms with Crippen molar-refractivity contribution < 1.29 is 27.5 Å². The molecule has 9 heteroatoms. The molecule has 0 N–H and O–H groups in total. The molecule has 4 rings (SSSR count). The lowest BCUT2D eigenvalue weighted by atomic mass is 10.1. The molecule has 1 heterocycles. The van der Waals surface area contributed by atoms with E-state index in [-0.39, 0.29) is 23.6 Å². The topological polar surface area (TPSA) is 53.1 Å². The van der Waals surface area contributed by atoms with Crippen LogP contribution in [0, 0.1) is 0 Å². The van der Waals surface area contributed by atoms with Crippen molar-refractivity contribution >= 4 is 34.8 Å². The predicted molar refractivity (Wildman–Crippen MR) is 124 cm³/mol. The zero-order valence-corrected chi connectivity index (χ0v) is 18.5. The third-order valence-electron chi connectivity index (χ3n) is 5.38. The number of imide groups is 1. The van der Waals surface area contributed by atoms with Gasteiger partial charge in [-0.3, -0.25) is 9.80 Å². The quantitative estimate of drug-likeness (QED) is 0.412.